The zero-order valence-electron chi connectivity index (χ0n) is 9.21. The van der Waals surface area contributed by atoms with Gasteiger partial charge in [0, 0.05) is 0 Å². The summed E-state index contributed by atoms with van der Waals surface area (Å²) in [5, 5.41) is 17.4. The van der Waals surface area contributed by atoms with Gasteiger partial charge in [-0.25, -0.2) is 15.8 Å². The van der Waals surface area contributed by atoms with E-state index in [1.165, 1.54) is 18.3 Å². The molecule has 0 unspecified atom stereocenters. The van der Waals surface area contributed by atoms with Gasteiger partial charge in [0.2, 0.25) is 5.75 Å². The highest BCUT2D eigenvalue weighted by Crippen LogP contribution is 2.30. The number of nitrogens with two attached hydrogens (primary N) is 1. The number of nitrogens with one attached hydrogen (secondary N) is 1. The molecule has 0 atom stereocenters. The second kappa shape index (κ2) is 6.10. The second-order valence-corrected chi connectivity index (χ2v) is 2.90. The molecule has 0 amide bonds. The van der Waals surface area contributed by atoms with Gasteiger partial charge in [0.05, 0.1) is 19.2 Å². The highest BCUT2D eigenvalue weighted by Gasteiger charge is 2.17. The molecule has 88 valence electrons. The summed E-state index contributed by atoms with van der Waals surface area (Å²) in [4.78, 5) is 9.31. The van der Waals surface area contributed by atoms with Crippen LogP contribution in [0.25, 0.3) is 0 Å². The van der Waals surface area contributed by atoms with Crippen molar-refractivity contribution in [3.8, 4) is 17.9 Å². The number of nitrogen functional groups attached to an aromatic ring is 1. The number of nitrogens with zero attached hydrogens (tertiary/aromatic N) is 5. The summed E-state index contributed by atoms with van der Waals surface area (Å²) >= 11 is 0. The lowest BCUT2D eigenvalue weighted by Crippen LogP contribution is -2.26. The molecule has 0 aliphatic rings. The topological polar surface area (TPSA) is 124 Å². The van der Waals surface area contributed by atoms with E-state index in [-0.39, 0.29) is 13.1 Å². The lowest BCUT2D eigenvalue weighted by molar-refractivity contribution is 0.413. The third-order valence-electron chi connectivity index (χ3n) is 1.95. The Morgan fingerprint density at radius 2 is 2.06 bits per heavy atom. The van der Waals surface area contributed by atoms with Crippen molar-refractivity contribution in [3.05, 3.63) is 6.33 Å². The van der Waals surface area contributed by atoms with E-state index in [0.29, 0.717) is 17.4 Å². The van der Waals surface area contributed by atoms with Gasteiger partial charge >= 0.3 is 0 Å². The fourth-order valence-corrected chi connectivity index (χ4v) is 1.26. The minimum atomic E-state index is 0.0188. The van der Waals surface area contributed by atoms with E-state index in [1.54, 1.807) is 0 Å². The molecule has 1 rings (SSSR count). The number of methoxy groups -OCH3 is 1. The van der Waals surface area contributed by atoms with Crippen LogP contribution < -0.4 is 20.9 Å². The number of rotatable bonds is 5. The maximum absolute atomic E-state index is 8.69. The molecule has 0 aromatic carbocycles. The molecular formula is C9H11N7O. The second-order valence-electron chi connectivity index (χ2n) is 2.90. The van der Waals surface area contributed by atoms with Crippen LogP contribution in [0.5, 0.6) is 5.75 Å². The molecule has 0 aliphatic heterocycles. The Morgan fingerprint density at radius 1 is 1.41 bits per heavy atom. The molecule has 3 N–H and O–H groups in total. The van der Waals surface area contributed by atoms with Crippen LogP contribution in [0.1, 0.15) is 0 Å². The third-order valence-corrected chi connectivity index (χ3v) is 1.95. The number of nitriles is 2. The van der Waals surface area contributed by atoms with Crippen LogP contribution in [0.15, 0.2) is 6.33 Å². The van der Waals surface area contributed by atoms with E-state index < -0.39 is 0 Å². The monoisotopic (exact) mass is 233 g/mol. The number of ether oxygens (including phenoxy) is 1. The molecule has 8 nitrogen and oxygen atoms in total. The van der Waals surface area contributed by atoms with E-state index in [2.05, 4.69) is 15.4 Å². The smallest absolute Gasteiger partial charge is 0.205 e. The number of anilines is 2. The van der Waals surface area contributed by atoms with Crippen LogP contribution in [0.3, 0.4) is 0 Å². The van der Waals surface area contributed by atoms with Gasteiger partial charge in [-0.15, -0.1) is 0 Å². The maximum Gasteiger partial charge on any atom is 0.205 e. The fraction of sp³-hybridized carbons (Fsp3) is 0.333. The van der Waals surface area contributed by atoms with E-state index in [9.17, 15) is 0 Å². The van der Waals surface area contributed by atoms with Crippen molar-refractivity contribution in [1.82, 2.24) is 9.97 Å². The molecule has 0 bridgehead atoms. The van der Waals surface area contributed by atoms with Gasteiger partial charge in [-0.3, -0.25) is 0 Å². The van der Waals surface area contributed by atoms with Gasteiger partial charge < -0.3 is 15.1 Å². The zero-order chi connectivity index (χ0) is 12.7. The van der Waals surface area contributed by atoms with Crippen LogP contribution in [0.4, 0.5) is 11.6 Å². The summed E-state index contributed by atoms with van der Waals surface area (Å²) in [7, 11) is 1.43. The summed E-state index contributed by atoms with van der Waals surface area (Å²) in [6.07, 6.45) is 1.27. The normalized spacial score (nSPS) is 8.94. The summed E-state index contributed by atoms with van der Waals surface area (Å²) in [5.41, 5.74) is 2.36. The Kier molecular flexibility index (Phi) is 4.48. The Hall–Kier alpha value is -2.58. The standard InChI is InChI=1S/C9H11N7O/c1-17-7-8(15-12)13-6-14-9(7)16(4-2-10)5-3-11/h6H,4-5,12H2,1H3,(H,13,14,15). The molecule has 0 radical (unpaired) electrons. The first-order valence-corrected chi connectivity index (χ1v) is 4.63. The van der Waals surface area contributed by atoms with Crippen LogP contribution >= 0.6 is 0 Å². The van der Waals surface area contributed by atoms with Gasteiger partial charge in [0.25, 0.3) is 0 Å². The van der Waals surface area contributed by atoms with Crippen LogP contribution in [-0.4, -0.2) is 30.2 Å². The van der Waals surface area contributed by atoms with Gasteiger partial charge in [0.1, 0.15) is 19.4 Å². The van der Waals surface area contributed by atoms with Crippen molar-refractivity contribution in [2.75, 3.05) is 30.5 Å². The number of hydrogen-bond acceptors (Lipinski definition) is 8. The van der Waals surface area contributed by atoms with Crippen molar-refractivity contribution < 1.29 is 4.74 Å². The average molecular weight is 233 g/mol. The lowest BCUT2D eigenvalue weighted by Gasteiger charge is -2.20. The quantitative estimate of drug-likeness (QED) is 0.401. The van der Waals surface area contributed by atoms with Crippen molar-refractivity contribution in [2.45, 2.75) is 0 Å². The Bertz CT molecular complexity index is 445. The molecule has 1 heterocycles. The van der Waals surface area contributed by atoms with Gasteiger partial charge in [-0.1, -0.05) is 0 Å². The van der Waals surface area contributed by atoms with E-state index in [0.717, 1.165) is 0 Å². The first kappa shape index (κ1) is 12.5. The predicted octanol–water partition coefficient (Wildman–Crippen LogP) is -0.376. The Balaban J connectivity index is 3.19. The molecule has 1 aromatic heterocycles. The van der Waals surface area contributed by atoms with Crippen molar-refractivity contribution in [2.24, 2.45) is 5.84 Å². The molecule has 0 saturated carbocycles. The van der Waals surface area contributed by atoms with Crippen molar-refractivity contribution >= 4 is 11.6 Å². The molecule has 0 fully saturated rings. The fourth-order valence-electron chi connectivity index (χ4n) is 1.26. The first-order chi connectivity index (χ1) is 8.28. The molecule has 0 saturated heterocycles. The van der Waals surface area contributed by atoms with Crippen LogP contribution in [0, 0.1) is 22.7 Å². The molecule has 17 heavy (non-hydrogen) atoms. The number of aromatic nitrogens is 2. The van der Waals surface area contributed by atoms with E-state index >= 15 is 0 Å². The SMILES string of the molecule is COc1c(NN)ncnc1N(CC#N)CC#N. The zero-order valence-corrected chi connectivity index (χ0v) is 9.21. The van der Waals surface area contributed by atoms with Crippen LogP contribution in [0.2, 0.25) is 0 Å². The van der Waals surface area contributed by atoms with E-state index in [1.807, 2.05) is 12.1 Å². The minimum absolute atomic E-state index is 0.0188. The minimum Gasteiger partial charge on any atom is -0.490 e. The number of hydrazine groups is 1. The van der Waals surface area contributed by atoms with E-state index in [4.69, 9.17) is 21.1 Å². The van der Waals surface area contributed by atoms with Gasteiger partial charge in [-0.2, -0.15) is 10.5 Å². The lowest BCUT2D eigenvalue weighted by atomic mass is 10.4. The predicted molar refractivity (Wildman–Crippen MR) is 59.8 cm³/mol. The van der Waals surface area contributed by atoms with Gasteiger partial charge in [0.15, 0.2) is 11.6 Å². The largest absolute Gasteiger partial charge is 0.490 e. The highest BCUT2D eigenvalue weighted by atomic mass is 16.5. The van der Waals surface area contributed by atoms with Crippen molar-refractivity contribution in [3.63, 3.8) is 0 Å². The summed E-state index contributed by atoms with van der Waals surface area (Å²) in [5.74, 6) is 6.20. The third kappa shape index (κ3) is 2.71. The number of hydrogen-bond donors (Lipinski definition) is 2. The first-order valence-electron chi connectivity index (χ1n) is 4.63. The molecule has 1 aromatic rings. The molecule has 0 aliphatic carbocycles. The summed E-state index contributed by atoms with van der Waals surface area (Å²) < 4.78 is 5.11. The van der Waals surface area contributed by atoms with Crippen molar-refractivity contribution in [1.29, 1.82) is 10.5 Å². The highest BCUT2D eigenvalue weighted by molar-refractivity contribution is 5.64. The summed E-state index contributed by atoms with van der Waals surface area (Å²) in [6, 6.07) is 3.89. The summed E-state index contributed by atoms with van der Waals surface area (Å²) in [6.45, 7) is 0.0376. The van der Waals surface area contributed by atoms with Gasteiger partial charge in [-0.05, 0) is 0 Å². The average Bonchev–Trinajstić information content (AvgIpc) is 2.37. The maximum atomic E-state index is 8.69. The molecule has 8 heteroatoms. The molecule has 0 spiro atoms. The Morgan fingerprint density at radius 3 is 2.53 bits per heavy atom. The Labute approximate surface area is 98.2 Å². The van der Waals surface area contributed by atoms with Crippen LogP contribution in [-0.2, 0) is 0 Å². The molecular weight excluding hydrogens is 222 g/mol.